The fourth-order valence-electron chi connectivity index (χ4n) is 3.57. The van der Waals surface area contributed by atoms with Gasteiger partial charge in [0.25, 0.3) is 5.91 Å². The van der Waals surface area contributed by atoms with Crippen LogP contribution in [0.4, 0.5) is 5.69 Å². The smallest absolute Gasteiger partial charge is 0.320 e. The maximum atomic E-state index is 12.8. The Kier molecular flexibility index (Phi) is 10.2. The van der Waals surface area contributed by atoms with E-state index in [9.17, 15) is 9.59 Å². The summed E-state index contributed by atoms with van der Waals surface area (Å²) in [5.41, 5.74) is 7.96. The highest BCUT2D eigenvalue weighted by Gasteiger charge is 2.18. The Morgan fingerprint density at radius 2 is 1.84 bits per heavy atom. The van der Waals surface area contributed by atoms with Crippen molar-refractivity contribution in [3.63, 3.8) is 0 Å². The molecule has 174 valence electrons. The zero-order chi connectivity index (χ0) is 23.5. The first kappa shape index (κ1) is 25.4. The molecule has 0 radical (unpaired) electrons. The maximum absolute atomic E-state index is 12.8. The van der Waals surface area contributed by atoms with Gasteiger partial charge < -0.3 is 20.9 Å². The van der Waals surface area contributed by atoms with E-state index in [1.165, 1.54) is 0 Å². The first-order chi connectivity index (χ1) is 15.4. The highest BCUT2D eigenvalue weighted by molar-refractivity contribution is 6.04. The van der Waals surface area contributed by atoms with Crippen LogP contribution in [0.2, 0.25) is 0 Å². The third kappa shape index (κ3) is 7.66. The number of methoxy groups -OCH3 is 1. The van der Waals surface area contributed by atoms with Crippen LogP contribution < -0.4 is 15.8 Å². The number of carbonyl (C=O) groups excluding carboxylic acids is 1. The molecule has 7 nitrogen and oxygen atoms in total. The van der Waals surface area contributed by atoms with E-state index < -0.39 is 12.0 Å². The van der Waals surface area contributed by atoms with Crippen molar-refractivity contribution in [3.05, 3.63) is 59.7 Å². The minimum absolute atomic E-state index is 0.212. The summed E-state index contributed by atoms with van der Waals surface area (Å²) in [6.45, 7) is 6.34. The average molecular weight is 442 g/mol. The van der Waals surface area contributed by atoms with Gasteiger partial charge >= 0.3 is 5.97 Å². The first-order valence-electron chi connectivity index (χ1n) is 11.1. The number of carbonyl (C=O) groups is 2. The Labute approximate surface area is 190 Å². The number of amides is 1. The number of nitrogens with one attached hydrogen (secondary N) is 1. The lowest BCUT2D eigenvalue weighted by atomic mass is 10.0. The average Bonchev–Trinajstić information content (AvgIpc) is 2.81. The number of nitrogens with zero attached hydrogens (tertiary/aromatic N) is 1. The number of carboxylic acids is 1. The topological polar surface area (TPSA) is 105 Å². The molecule has 0 bridgehead atoms. The van der Waals surface area contributed by atoms with Crippen LogP contribution in [0.15, 0.2) is 48.5 Å². The van der Waals surface area contributed by atoms with Gasteiger partial charge in [-0.25, -0.2) is 0 Å². The number of hydrogen-bond acceptors (Lipinski definition) is 5. The lowest BCUT2D eigenvalue weighted by Crippen LogP contribution is -2.37. The lowest BCUT2D eigenvalue weighted by Gasteiger charge is -2.28. The van der Waals surface area contributed by atoms with E-state index >= 15 is 0 Å². The minimum atomic E-state index is -0.988. The van der Waals surface area contributed by atoms with Gasteiger partial charge in [-0.1, -0.05) is 51.0 Å². The standard InChI is InChI=1S/C25H35N3O4/c1-4-18(5-2)16-28(14-13-22(26)25(30)31)17-20-9-6-7-12-23(20)27-24(29)19-10-8-11-21(15-19)32-3/h6-12,15,18,22H,4-5,13-14,16-17,26H2,1-3H3,(H,27,29)(H,30,31)/t22-/m0/s1. The molecule has 2 aromatic rings. The van der Waals surface area contributed by atoms with Gasteiger partial charge in [0.15, 0.2) is 0 Å². The Bertz CT molecular complexity index is 883. The summed E-state index contributed by atoms with van der Waals surface area (Å²) in [5.74, 6) is -0.0686. The van der Waals surface area contributed by atoms with Gasteiger partial charge in [-0.3, -0.25) is 14.5 Å². The molecule has 2 rings (SSSR count). The van der Waals surface area contributed by atoms with E-state index in [0.29, 0.717) is 36.7 Å². The summed E-state index contributed by atoms with van der Waals surface area (Å²) in [6, 6.07) is 13.8. The number of hydrogen-bond donors (Lipinski definition) is 3. The molecule has 0 aliphatic rings. The normalized spacial score (nSPS) is 12.1. The number of rotatable bonds is 13. The van der Waals surface area contributed by atoms with Crippen molar-refractivity contribution in [2.24, 2.45) is 11.7 Å². The molecule has 0 saturated heterocycles. The van der Waals surface area contributed by atoms with E-state index in [2.05, 4.69) is 24.1 Å². The van der Waals surface area contributed by atoms with Crippen molar-refractivity contribution in [2.45, 2.75) is 45.7 Å². The molecular weight excluding hydrogens is 406 g/mol. The number of anilines is 1. The fraction of sp³-hybridized carbons (Fsp3) is 0.440. The SMILES string of the molecule is CCC(CC)CN(CC[C@H](N)C(=O)O)Cc1ccccc1NC(=O)c1cccc(OC)c1. The van der Waals surface area contributed by atoms with Crippen LogP contribution in [0.25, 0.3) is 0 Å². The number of carboxylic acid groups (broad SMARTS) is 1. The first-order valence-corrected chi connectivity index (χ1v) is 11.1. The maximum Gasteiger partial charge on any atom is 0.320 e. The van der Waals surface area contributed by atoms with Gasteiger partial charge in [0.1, 0.15) is 11.8 Å². The summed E-state index contributed by atoms with van der Waals surface area (Å²) < 4.78 is 5.21. The number of para-hydroxylation sites is 1. The van der Waals surface area contributed by atoms with Gasteiger partial charge in [-0.15, -0.1) is 0 Å². The van der Waals surface area contributed by atoms with Crippen LogP contribution in [0.3, 0.4) is 0 Å². The van der Waals surface area contributed by atoms with Crippen molar-refractivity contribution in [2.75, 3.05) is 25.5 Å². The van der Waals surface area contributed by atoms with Gasteiger partial charge in [0.2, 0.25) is 0 Å². The summed E-state index contributed by atoms with van der Waals surface area (Å²) >= 11 is 0. The highest BCUT2D eigenvalue weighted by Crippen LogP contribution is 2.21. The molecular formula is C25H35N3O4. The Morgan fingerprint density at radius 3 is 2.50 bits per heavy atom. The molecule has 0 aliphatic heterocycles. The second-order valence-electron chi connectivity index (χ2n) is 7.99. The van der Waals surface area contributed by atoms with Gasteiger partial charge in [0.05, 0.1) is 7.11 Å². The largest absolute Gasteiger partial charge is 0.497 e. The molecule has 32 heavy (non-hydrogen) atoms. The van der Waals surface area contributed by atoms with E-state index in [1.807, 2.05) is 24.3 Å². The van der Waals surface area contributed by atoms with E-state index in [4.69, 9.17) is 15.6 Å². The quantitative estimate of drug-likeness (QED) is 0.434. The van der Waals surface area contributed by atoms with Crippen LogP contribution in [0.1, 0.15) is 49.0 Å². The molecule has 0 heterocycles. The lowest BCUT2D eigenvalue weighted by molar-refractivity contribution is -0.138. The predicted octanol–water partition coefficient (Wildman–Crippen LogP) is 3.99. The van der Waals surface area contributed by atoms with Crippen LogP contribution in [-0.4, -0.2) is 48.1 Å². The van der Waals surface area contributed by atoms with Crippen molar-refractivity contribution >= 4 is 17.6 Å². The van der Waals surface area contributed by atoms with Gasteiger partial charge in [-0.05, 0) is 42.2 Å². The second-order valence-corrected chi connectivity index (χ2v) is 7.99. The Morgan fingerprint density at radius 1 is 1.12 bits per heavy atom. The Balaban J connectivity index is 2.18. The number of ether oxygens (including phenoxy) is 1. The zero-order valence-corrected chi connectivity index (χ0v) is 19.2. The second kappa shape index (κ2) is 12.8. The van der Waals surface area contributed by atoms with Gasteiger partial charge in [0, 0.05) is 30.9 Å². The summed E-state index contributed by atoms with van der Waals surface area (Å²) in [7, 11) is 1.57. The van der Waals surface area contributed by atoms with E-state index in [1.54, 1.807) is 31.4 Å². The fourth-order valence-corrected chi connectivity index (χ4v) is 3.57. The predicted molar refractivity (Wildman–Crippen MR) is 127 cm³/mol. The molecule has 0 unspecified atom stereocenters. The summed E-state index contributed by atoms with van der Waals surface area (Å²) in [4.78, 5) is 26.2. The molecule has 0 fully saturated rings. The molecule has 4 N–H and O–H groups in total. The van der Waals surface area contributed by atoms with Crippen molar-refractivity contribution in [1.29, 1.82) is 0 Å². The third-order valence-corrected chi connectivity index (χ3v) is 5.74. The number of nitrogens with two attached hydrogens (primary N) is 1. The minimum Gasteiger partial charge on any atom is -0.497 e. The molecule has 1 amide bonds. The number of benzene rings is 2. The molecule has 0 aromatic heterocycles. The molecule has 0 spiro atoms. The molecule has 0 saturated carbocycles. The van der Waals surface area contributed by atoms with Gasteiger partial charge in [-0.2, -0.15) is 0 Å². The third-order valence-electron chi connectivity index (χ3n) is 5.74. The van der Waals surface area contributed by atoms with E-state index in [-0.39, 0.29) is 5.91 Å². The van der Waals surface area contributed by atoms with Crippen LogP contribution >= 0.6 is 0 Å². The Hall–Kier alpha value is -2.90. The highest BCUT2D eigenvalue weighted by atomic mass is 16.5. The molecule has 7 heteroatoms. The molecule has 0 aliphatic carbocycles. The summed E-state index contributed by atoms with van der Waals surface area (Å²) in [6.07, 6.45) is 2.46. The van der Waals surface area contributed by atoms with Crippen LogP contribution in [0, 0.1) is 5.92 Å². The van der Waals surface area contributed by atoms with Crippen molar-refractivity contribution in [1.82, 2.24) is 4.90 Å². The van der Waals surface area contributed by atoms with Crippen molar-refractivity contribution < 1.29 is 19.4 Å². The molecule has 1 atom stereocenters. The summed E-state index contributed by atoms with van der Waals surface area (Å²) in [5, 5.41) is 12.2. The van der Waals surface area contributed by atoms with Crippen molar-refractivity contribution in [3.8, 4) is 5.75 Å². The van der Waals surface area contributed by atoms with E-state index in [0.717, 1.165) is 30.6 Å². The van der Waals surface area contributed by atoms with Crippen LogP contribution in [-0.2, 0) is 11.3 Å². The zero-order valence-electron chi connectivity index (χ0n) is 19.2. The van der Waals surface area contributed by atoms with Crippen LogP contribution in [0.5, 0.6) is 5.75 Å². The molecule has 2 aromatic carbocycles. The number of aliphatic carboxylic acids is 1. The monoisotopic (exact) mass is 441 g/mol.